The van der Waals surface area contributed by atoms with E-state index in [4.69, 9.17) is 0 Å². The van der Waals surface area contributed by atoms with Gasteiger partial charge in [-0.05, 0) is 43.9 Å². The molecule has 6 nitrogen and oxygen atoms in total. The van der Waals surface area contributed by atoms with Gasteiger partial charge in [-0.1, -0.05) is 25.7 Å². The van der Waals surface area contributed by atoms with Crippen LogP contribution in [0.3, 0.4) is 0 Å². The first-order chi connectivity index (χ1) is 12.3. The topological polar surface area (TPSA) is 58.3 Å². The average Bonchev–Trinajstić information content (AvgIpc) is 3.05. The van der Waals surface area contributed by atoms with Gasteiger partial charge in [0, 0.05) is 33.2 Å². The standard InChI is InChI=1S/C19H34N6/c1-20-18(21-12-6-7-13-24-16-22-23-17-24)25-14-8-11-19(15-25)9-4-2-3-5-10-19/h16-17H,2-15H2,1H3,(H,20,21). The number of guanidine groups is 1. The Kier molecular flexibility index (Phi) is 6.70. The van der Waals surface area contributed by atoms with Gasteiger partial charge in [-0.3, -0.25) is 4.99 Å². The summed E-state index contributed by atoms with van der Waals surface area (Å²) in [6.45, 7) is 4.33. The number of likely N-dealkylation sites (tertiary alicyclic amines) is 1. The van der Waals surface area contributed by atoms with Gasteiger partial charge in [0.2, 0.25) is 0 Å². The number of nitrogens with one attached hydrogen (secondary N) is 1. The summed E-state index contributed by atoms with van der Waals surface area (Å²) in [5, 5.41) is 11.3. The highest BCUT2D eigenvalue weighted by atomic mass is 15.3. The zero-order chi connectivity index (χ0) is 17.4. The fourth-order valence-corrected chi connectivity index (χ4v) is 4.56. The normalized spacial score (nSPS) is 21.3. The van der Waals surface area contributed by atoms with E-state index in [2.05, 4.69) is 25.4 Å². The molecule has 140 valence electrons. The van der Waals surface area contributed by atoms with E-state index < -0.39 is 0 Å². The number of nitrogens with zero attached hydrogens (tertiary/aromatic N) is 5. The molecule has 0 unspecified atom stereocenters. The molecule has 1 aliphatic carbocycles. The maximum absolute atomic E-state index is 4.57. The van der Waals surface area contributed by atoms with Crippen LogP contribution >= 0.6 is 0 Å². The van der Waals surface area contributed by atoms with Gasteiger partial charge in [0.25, 0.3) is 0 Å². The van der Waals surface area contributed by atoms with Gasteiger partial charge in [-0.15, -0.1) is 10.2 Å². The number of rotatable bonds is 5. The van der Waals surface area contributed by atoms with E-state index in [1.165, 1.54) is 57.9 Å². The molecule has 0 atom stereocenters. The molecule has 1 spiro atoms. The smallest absolute Gasteiger partial charge is 0.193 e. The summed E-state index contributed by atoms with van der Waals surface area (Å²) in [5.41, 5.74) is 0.556. The third kappa shape index (κ3) is 5.19. The van der Waals surface area contributed by atoms with Crippen molar-refractivity contribution in [1.82, 2.24) is 25.0 Å². The van der Waals surface area contributed by atoms with E-state index in [1.807, 2.05) is 11.6 Å². The first-order valence-corrected chi connectivity index (χ1v) is 10.1. The van der Waals surface area contributed by atoms with Crippen molar-refractivity contribution in [2.75, 3.05) is 26.7 Å². The fraction of sp³-hybridized carbons (Fsp3) is 0.842. The highest BCUT2D eigenvalue weighted by Crippen LogP contribution is 2.42. The van der Waals surface area contributed by atoms with Crippen LogP contribution in [0, 0.1) is 5.41 Å². The van der Waals surface area contributed by atoms with Crippen LogP contribution in [0.5, 0.6) is 0 Å². The van der Waals surface area contributed by atoms with Crippen LogP contribution in [-0.2, 0) is 6.54 Å². The largest absolute Gasteiger partial charge is 0.356 e. The Morgan fingerprint density at radius 2 is 1.76 bits per heavy atom. The van der Waals surface area contributed by atoms with Crippen molar-refractivity contribution in [3.63, 3.8) is 0 Å². The Bertz CT molecular complexity index is 516. The molecule has 0 amide bonds. The number of unbranched alkanes of at least 4 members (excludes halogenated alkanes) is 1. The molecular weight excluding hydrogens is 312 g/mol. The van der Waals surface area contributed by atoms with Crippen LogP contribution in [-0.4, -0.2) is 52.3 Å². The molecule has 0 aromatic carbocycles. The predicted octanol–water partition coefficient (Wildman–Crippen LogP) is 3.07. The summed E-state index contributed by atoms with van der Waals surface area (Å²) in [5.74, 6) is 1.10. The second kappa shape index (κ2) is 9.20. The molecule has 6 heteroatoms. The molecule has 1 aromatic heterocycles. The van der Waals surface area contributed by atoms with Gasteiger partial charge in [0.15, 0.2) is 5.96 Å². The second-order valence-corrected chi connectivity index (χ2v) is 7.82. The van der Waals surface area contributed by atoms with E-state index in [1.54, 1.807) is 12.7 Å². The minimum atomic E-state index is 0.556. The molecule has 1 aromatic rings. The number of hydrogen-bond acceptors (Lipinski definition) is 3. The number of aryl methyl sites for hydroxylation is 1. The molecule has 0 radical (unpaired) electrons. The number of piperidine rings is 1. The van der Waals surface area contributed by atoms with E-state index in [0.717, 1.165) is 38.4 Å². The Balaban J connectivity index is 1.43. The maximum Gasteiger partial charge on any atom is 0.193 e. The highest BCUT2D eigenvalue weighted by molar-refractivity contribution is 5.80. The van der Waals surface area contributed by atoms with Crippen LogP contribution in [0.15, 0.2) is 17.6 Å². The van der Waals surface area contributed by atoms with Gasteiger partial charge >= 0.3 is 0 Å². The second-order valence-electron chi connectivity index (χ2n) is 7.82. The lowest BCUT2D eigenvalue weighted by molar-refractivity contribution is 0.115. The lowest BCUT2D eigenvalue weighted by Gasteiger charge is -2.44. The summed E-state index contributed by atoms with van der Waals surface area (Å²) in [4.78, 5) is 7.09. The van der Waals surface area contributed by atoms with Gasteiger partial charge in [0.1, 0.15) is 12.7 Å². The molecule has 0 bridgehead atoms. The zero-order valence-electron chi connectivity index (χ0n) is 15.8. The Morgan fingerprint density at radius 1 is 1.04 bits per heavy atom. The number of aliphatic imine (C=N–C) groups is 1. The molecule has 25 heavy (non-hydrogen) atoms. The molecule has 1 aliphatic heterocycles. The summed E-state index contributed by atoms with van der Waals surface area (Å²) >= 11 is 0. The van der Waals surface area contributed by atoms with Gasteiger partial charge in [0.05, 0.1) is 0 Å². The third-order valence-electron chi connectivity index (χ3n) is 5.93. The zero-order valence-corrected chi connectivity index (χ0v) is 15.8. The van der Waals surface area contributed by atoms with Crippen molar-refractivity contribution in [1.29, 1.82) is 0 Å². The fourth-order valence-electron chi connectivity index (χ4n) is 4.56. The van der Waals surface area contributed by atoms with Gasteiger partial charge in [-0.25, -0.2) is 0 Å². The van der Waals surface area contributed by atoms with E-state index in [0.29, 0.717) is 5.41 Å². The quantitative estimate of drug-likeness (QED) is 0.506. The Morgan fingerprint density at radius 3 is 2.48 bits per heavy atom. The molecule has 3 rings (SSSR count). The molecule has 2 fully saturated rings. The molecule has 2 aliphatic rings. The molecule has 1 saturated carbocycles. The van der Waals surface area contributed by atoms with Gasteiger partial charge < -0.3 is 14.8 Å². The van der Waals surface area contributed by atoms with E-state index in [9.17, 15) is 0 Å². The van der Waals surface area contributed by atoms with Crippen LogP contribution in [0.25, 0.3) is 0 Å². The predicted molar refractivity (Wildman–Crippen MR) is 102 cm³/mol. The highest BCUT2D eigenvalue weighted by Gasteiger charge is 2.36. The third-order valence-corrected chi connectivity index (χ3v) is 5.93. The Hall–Kier alpha value is -1.59. The van der Waals surface area contributed by atoms with Crippen molar-refractivity contribution in [2.24, 2.45) is 10.4 Å². The lowest BCUT2D eigenvalue weighted by Crippen LogP contribution is -2.50. The molecule has 1 N–H and O–H groups in total. The summed E-state index contributed by atoms with van der Waals surface area (Å²) < 4.78 is 2.04. The number of hydrogen-bond donors (Lipinski definition) is 1. The minimum Gasteiger partial charge on any atom is -0.356 e. The van der Waals surface area contributed by atoms with Crippen molar-refractivity contribution >= 4 is 5.96 Å². The first kappa shape index (κ1) is 18.2. The summed E-state index contributed by atoms with van der Waals surface area (Å²) in [6, 6.07) is 0. The SMILES string of the molecule is CN=C(NCCCCn1cnnc1)N1CCCC2(CCCCCC2)C1. The summed E-state index contributed by atoms with van der Waals surface area (Å²) in [6.07, 6.45) is 17.1. The molecular formula is C19H34N6. The van der Waals surface area contributed by atoms with E-state index >= 15 is 0 Å². The van der Waals surface area contributed by atoms with Crippen LogP contribution in [0.1, 0.15) is 64.2 Å². The maximum atomic E-state index is 4.57. The first-order valence-electron chi connectivity index (χ1n) is 10.1. The van der Waals surface area contributed by atoms with Crippen LogP contribution < -0.4 is 5.32 Å². The van der Waals surface area contributed by atoms with Crippen molar-refractivity contribution in [3.8, 4) is 0 Å². The van der Waals surface area contributed by atoms with Crippen LogP contribution in [0.2, 0.25) is 0 Å². The Labute approximate surface area is 152 Å². The summed E-state index contributed by atoms with van der Waals surface area (Å²) in [7, 11) is 1.92. The van der Waals surface area contributed by atoms with Crippen molar-refractivity contribution in [2.45, 2.75) is 70.8 Å². The lowest BCUT2D eigenvalue weighted by atomic mass is 9.74. The number of aromatic nitrogens is 3. The monoisotopic (exact) mass is 346 g/mol. The molecule has 1 saturated heterocycles. The minimum absolute atomic E-state index is 0.556. The van der Waals surface area contributed by atoms with E-state index in [-0.39, 0.29) is 0 Å². The molecule has 2 heterocycles. The van der Waals surface area contributed by atoms with Crippen LogP contribution in [0.4, 0.5) is 0 Å². The van der Waals surface area contributed by atoms with Crippen molar-refractivity contribution in [3.05, 3.63) is 12.7 Å². The average molecular weight is 347 g/mol. The van der Waals surface area contributed by atoms with Crippen molar-refractivity contribution < 1.29 is 0 Å². The van der Waals surface area contributed by atoms with Gasteiger partial charge in [-0.2, -0.15) is 0 Å².